The van der Waals surface area contributed by atoms with Crippen LogP contribution in [0.3, 0.4) is 0 Å². The third-order valence-corrected chi connectivity index (χ3v) is 3.44. The molecule has 1 aromatic carbocycles. The number of hydrogen-bond donors (Lipinski definition) is 4. The molecule has 2 atom stereocenters. The van der Waals surface area contributed by atoms with Crippen LogP contribution in [0, 0.1) is 17.1 Å². The van der Waals surface area contributed by atoms with Crippen LogP contribution in [0.4, 0.5) is 14.9 Å². The van der Waals surface area contributed by atoms with Crippen molar-refractivity contribution in [3.05, 3.63) is 29.1 Å². The number of benzene rings is 1. The highest BCUT2D eigenvalue weighted by Crippen LogP contribution is 2.31. The number of thiol groups is 1. The van der Waals surface area contributed by atoms with E-state index in [1.165, 1.54) is 0 Å². The van der Waals surface area contributed by atoms with Crippen LogP contribution in [-0.2, 0) is 9.53 Å². The molecule has 1 amide bonds. The number of nitrogens with two attached hydrogens (primary N) is 1. The molecular weight excluding hydrogens is 337 g/mol. The number of hydrogen-bond acceptors (Lipinski definition) is 6. The van der Waals surface area contributed by atoms with Crippen molar-refractivity contribution in [3.63, 3.8) is 0 Å². The smallest absolute Gasteiger partial charge is 0.408 e. The maximum atomic E-state index is 13.8. The lowest BCUT2D eigenvalue weighted by molar-refractivity contribution is -0.139. The molecule has 0 spiro atoms. The molecule has 0 heterocycles. The summed E-state index contributed by atoms with van der Waals surface area (Å²) in [6.45, 7) is 4.86. The zero-order valence-electron chi connectivity index (χ0n) is 13.3. The minimum atomic E-state index is -1.52. The quantitative estimate of drug-likeness (QED) is 0.485. The molecule has 0 saturated heterocycles. The summed E-state index contributed by atoms with van der Waals surface area (Å²) in [6.07, 6.45) is -0.957. The number of carboxylic acids is 1. The Morgan fingerprint density at radius 2 is 2.04 bits per heavy atom. The van der Waals surface area contributed by atoms with Gasteiger partial charge < -0.3 is 20.9 Å². The standard InChI is InChI=1S/C15H18FN3O4S/c1-15(2,3)23-14(22)19-11(13(20)21)12(24)8-5-9(16)7(6-17)4-10(8)18/h4-5,11-12,24H,18H2,1-3H3,(H,19,22)(H,20,21)/t11-,12?/m0/s1. The van der Waals surface area contributed by atoms with Gasteiger partial charge in [0.25, 0.3) is 0 Å². The van der Waals surface area contributed by atoms with Crippen LogP contribution in [-0.4, -0.2) is 28.8 Å². The molecule has 4 N–H and O–H groups in total. The van der Waals surface area contributed by atoms with Crippen LogP contribution in [0.25, 0.3) is 0 Å². The van der Waals surface area contributed by atoms with Gasteiger partial charge in [0.15, 0.2) is 0 Å². The van der Waals surface area contributed by atoms with E-state index in [9.17, 15) is 19.1 Å². The second-order valence-corrected chi connectivity index (χ2v) is 6.54. The van der Waals surface area contributed by atoms with Gasteiger partial charge in [0.2, 0.25) is 0 Å². The van der Waals surface area contributed by atoms with E-state index in [0.717, 1.165) is 12.1 Å². The molecule has 0 saturated carbocycles. The summed E-state index contributed by atoms with van der Waals surface area (Å²) in [5.41, 5.74) is 4.67. The first-order valence-electron chi connectivity index (χ1n) is 6.85. The van der Waals surface area contributed by atoms with Gasteiger partial charge in [0.05, 0.1) is 10.8 Å². The molecule has 7 nitrogen and oxygen atoms in total. The number of carboxylic acid groups (broad SMARTS) is 1. The number of amides is 1. The van der Waals surface area contributed by atoms with Crippen molar-refractivity contribution in [2.75, 3.05) is 5.73 Å². The highest BCUT2D eigenvalue weighted by Gasteiger charge is 2.32. The minimum absolute atomic E-state index is 0.00908. The number of nitrogens with one attached hydrogen (secondary N) is 1. The van der Waals surface area contributed by atoms with Crippen molar-refractivity contribution in [3.8, 4) is 6.07 Å². The summed E-state index contributed by atoms with van der Waals surface area (Å²) < 4.78 is 18.8. The van der Waals surface area contributed by atoms with Crippen molar-refractivity contribution in [1.29, 1.82) is 5.26 Å². The number of anilines is 1. The molecule has 0 radical (unpaired) electrons. The minimum Gasteiger partial charge on any atom is -0.480 e. The van der Waals surface area contributed by atoms with Crippen LogP contribution >= 0.6 is 12.6 Å². The third-order valence-electron chi connectivity index (χ3n) is 2.87. The largest absolute Gasteiger partial charge is 0.480 e. The van der Waals surface area contributed by atoms with Crippen LogP contribution < -0.4 is 11.1 Å². The Labute approximate surface area is 144 Å². The van der Waals surface area contributed by atoms with Crippen LogP contribution in [0.15, 0.2) is 12.1 Å². The van der Waals surface area contributed by atoms with Gasteiger partial charge in [-0.25, -0.2) is 14.0 Å². The number of rotatable bonds is 4. The third kappa shape index (κ3) is 5.03. The predicted octanol–water partition coefficient (Wildman–Crippen LogP) is 2.23. The average molecular weight is 355 g/mol. The number of nitrogen functional groups attached to an aromatic ring is 1. The van der Waals surface area contributed by atoms with Gasteiger partial charge in [-0.1, -0.05) is 0 Å². The first kappa shape index (κ1) is 19.6. The van der Waals surface area contributed by atoms with Crippen LogP contribution in [0.5, 0.6) is 0 Å². The highest BCUT2D eigenvalue weighted by atomic mass is 32.1. The molecule has 0 aliphatic carbocycles. The number of nitrogens with zero attached hydrogens (tertiary/aromatic N) is 1. The topological polar surface area (TPSA) is 125 Å². The van der Waals surface area contributed by atoms with E-state index in [1.54, 1.807) is 26.8 Å². The van der Waals surface area contributed by atoms with E-state index < -0.39 is 34.8 Å². The fraction of sp³-hybridized carbons (Fsp3) is 0.400. The van der Waals surface area contributed by atoms with Gasteiger partial charge >= 0.3 is 12.1 Å². The normalized spacial score (nSPS) is 13.5. The number of nitriles is 1. The number of aliphatic carboxylic acids is 1. The van der Waals surface area contributed by atoms with Crippen LogP contribution in [0.2, 0.25) is 0 Å². The Bertz CT molecular complexity index is 697. The molecule has 1 rings (SSSR count). The Balaban J connectivity index is 3.10. The number of carbonyl (C=O) groups is 2. The summed E-state index contributed by atoms with van der Waals surface area (Å²) in [4.78, 5) is 23.2. The second kappa shape index (κ2) is 7.40. The molecule has 0 fully saturated rings. The van der Waals surface area contributed by atoms with Gasteiger partial charge in [-0.05, 0) is 38.5 Å². The Hall–Kier alpha value is -2.47. The Morgan fingerprint density at radius 3 is 2.50 bits per heavy atom. The Morgan fingerprint density at radius 1 is 1.46 bits per heavy atom. The number of ether oxygens (including phenoxy) is 1. The van der Waals surface area contributed by atoms with Gasteiger partial charge in [-0.15, -0.1) is 0 Å². The summed E-state index contributed by atoms with van der Waals surface area (Å²) >= 11 is 4.14. The van der Waals surface area contributed by atoms with E-state index in [0.29, 0.717) is 0 Å². The van der Waals surface area contributed by atoms with Gasteiger partial charge in [0, 0.05) is 5.69 Å². The van der Waals surface area contributed by atoms with E-state index in [4.69, 9.17) is 15.7 Å². The lowest BCUT2D eigenvalue weighted by Gasteiger charge is -2.25. The van der Waals surface area contributed by atoms with Crippen molar-refractivity contribution in [2.24, 2.45) is 0 Å². The van der Waals surface area contributed by atoms with E-state index in [1.807, 2.05) is 0 Å². The molecule has 0 aliphatic rings. The maximum absolute atomic E-state index is 13.8. The molecule has 0 aromatic heterocycles. The van der Waals surface area contributed by atoms with Gasteiger partial charge in [-0.2, -0.15) is 17.9 Å². The van der Waals surface area contributed by atoms with E-state index in [2.05, 4.69) is 17.9 Å². The zero-order valence-corrected chi connectivity index (χ0v) is 14.2. The Kier molecular flexibility index (Phi) is 6.04. The molecule has 0 aliphatic heterocycles. The van der Waals surface area contributed by atoms with Gasteiger partial charge in [0.1, 0.15) is 23.5 Å². The second-order valence-electron chi connectivity index (χ2n) is 5.98. The summed E-state index contributed by atoms with van der Waals surface area (Å²) in [5.74, 6) is -2.26. The number of carbonyl (C=O) groups excluding carboxylic acids is 1. The molecule has 0 bridgehead atoms. The maximum Gasteiger partial charge on any atom is 0.408 e. The monoisotopic (exact) mass is 355 g/mol. The molecule has 1 unspecified atom stereocenters. The molecule has 130 valence electrons. The molecule has 9 heteroatoms. The lowest BCUT2D eigenvalue weighted by Crippen LogP contribution is -2.45. The zero-order chi connectivity index (χ0) is 18.7. The van der Waals surface area contributed by atoms with Crippen molar-refractivity contribution in [1.82, 2.24) is 5.32 Å². The summed E-state index contributed by atoms with van der Waals surface area (Å²) in [5, 5.41) is 19.1. The molecule has 24 heavy (non-hydrogen) atoms. The van der Waals surface area contributed by atoms with Crippen LogP contribution in [0.1, 0.15) is 37.1 Å². The van der Waals surface area contributed by atoms with Gasteiger partial charge in [-0.3, -0.25) is 0 Å². The average Bonchev–Trinajstić information content (AvgIpc) is 2.43. The van der Waals surface area contributed by atoms with Crippen molar-refractivity contribution in [2.45, 2.75) is 37.7 Å². The SMILES string of the molecule is CC(C)(C)OC(=O)N[C@H](C(=O)O)C(S)c1cc(F)c(C#N)cc1N. The van der Waals surface area contributed by atoms with Crippen molar-refractivity contribution >= 4 is 30.4 Å². The predicted molar refractivity (Wildman–Crippen MR) is 88.0 cm³/mol. The van der Waals surface area contributed by atoms with E-state index in [-0.39, 0.29) is 16.8 Å². The number of alkyl carbamates (subject to hydrolysis) is 1. The number of halogens is 1. The fourth-order valence-electron chi connectivity index (χ4n) is 1.84. The molecular formula is C15H18FN3O4S. The highest BCUT2D eigenvalue weighted by molar-refractivity contribution is 7.80. The van der Waals surface area contributed by atoms with E-state index >= 15 is 0 Å². The molecule has 1 aromatic rings. The summed E-state index contributed by atoms with van der Waals surface area (Å²) in [6, 6.07) is 2.12. The van der Waals surface area contributed by atoms with Crippen molar-refractivity contribution < 1.29 is 23.8 Å². The fourth-order valence-corrected chi connectivity index (χ4v) is 2.26. The summed E-state index contributed by atoms with van der Waals surface area (Å²) in [7, 11) is 0. The lowest BCUT2D eigenvalue weighted by atomic mass is 10.0. The first-order valence-corrected chi connectivity index (χ1v) is 7.37. The first-order chi connectivity index (χ1) is 11.0.